The summed E-state index contributed by atoms with van der Waals surface area (Å²) < 4.78 is 26.5. The molecule has 0 fully saturated rings. The monoisotopic (exact) mass is 285 g/mol. The smallest absolute Gasteiger partial charge is 0.321 e. The molecule has 0 bridgehead atoms. The van der Waals surface area contributed by atoms with Crippen LogP contribution in [0.25, 0.3) is 0 Å². The van der Waals surface area contributed by atoms with E-state index in [4.69, 9.17) is 5.11 Å². The molecule has 0 radical (unpaired) electrons. The Hall–Kier alpha value is -1.40. The zero-order valence-corrected chi connectivity index (χ0v) is 12.1. The molecule has 106 valence electrons. The van der Waals surface area contributed by atoms with Crippen molar-refractivity contribution in [3.05, 3.63) is 29.3 Å². The van der Waals surface area contributed by atoms with Crippen molar-refractivity contribution >= 4 is 16.0 Å². The van der Waals surface area contributed by atoms with Crippen LogP contribution in [-0.4, -0.2) is 25.5 Å². The van der Waals surface area contributed by atoms with Gasteiger partial charge in [-0.25, -0.2) is 8.42 Å². The SMILES string of the molecule is CCCC(NS(=O)(=O)c1cc(C)cc(C)c1)C(=O)O. The Morgan fingerprint density at radius 1 is 1.26 bits per heavy atom. The molecular weight excluding hydrogens is 266 g/mol. The minimum absolute atomic E-state index is 0.104. The molecule has 0 aliphatic carbocycles. The number of hydrogen-bond donors (Lipinski definition) is 2. The number of carbonyl (C=O) groups is 1. The van der Waals surface area contributed by atoms with Crippen molar-refractivity contribution < 1.29 is 18.3 Å². The molecule has 19 heavy (non-hydrogen) atoms. The molecule has 6 heteroatoms. The van der Waals surface area contributed by atoms with Gasteiger partial charge in [-0.05, 0) is 43.5 Å². The van der Waals surface area contributed by atoms with Crippen molar-refractivity contribution in [1.29, 1.82) is 0 Å². The highest BCUT2D eigenvalue weighted by molar-refractivity contribution is 7.89. The van der Waals surface area contributed by atoms with E-state index in [1.165, 1.54) is 12.1 Å². The van der Waals surface area contributed by atoms with Gasteiger partial charge in [0.05, 0.1) is 4.90 Å². The molecular formula is C13H19NO4S. The number of carboxylic acid groups (broad SMARTS) is 1. The lowest BCUT2D eigenvalue weighted by molar-refractivity contribution is -0.139. The molecule has 5 nitrogen and oxygen atoms in total. The van der Waals surface area contributed by atoms with E-state index in [2.05, 4.69) is 4.72 Å². The van der Waals surface area contributed by atoms with Crippen LogP contribution in [-0.2, 0) is 14.8 Å². The topological polar surface area (TPSA) is 83.5 Å². The first kappa shape index (κ1) is 15.7. The van der Waals surface area contributed by atoms with Crippen molar-refractivity contribution in [3.8, 4) is 0 Å². The standard InChI is InChI=1S/C13H19NO4S/c1-4-5-12(13(15)16)14-19(17,18)11-7-9(2)6-10(3)8-11/h6-8,12,14H,4-5H2,1-3H3,(H,15,16). The minimum atomic E-state index is -3.80. The van der Waals surface area contributed by atoms with Crippen LogP contribution in [0.15, 0.2) is 23.1 Å². The molecule has 0 heterocycles. The van der Waals surface area contributed by atoms with Crippen LogP contribution < -0.4 is 4.72 Å². The number of carboxylic acids is 1. The van der Waals surface area contributed by atoms with Gasteiger partial charge in [-0.15, -0.1) is 0 Å². The van der Waals surface area contributed by atoms with Gasteiger partial charge >= 0.3 is 5.97 Å². The molecule has 1 atom stereocenters. The quantitative estimate of drug-likeness (QED) is 0.835. The first-order valence-electron chi connectivity index (χ1n) is 6.09. The van der Waals surface area contributed by atoms with E-state index < -0.39 is 22.0 Å². The lowest BCUT2D eigenvalue weighted by Crippen LogP contribution is -2.40. The molecule has 0 saturated heterocycles. The Balaban J connectivity index is 3.06. The Bertz CT molecular complexity index is 546. The predicted octanol–water partition coefficient (Wildman–Crippen LogP) is 1.84. The summed E-state index contributed by atoms with van der Waals surface area (Å²) in [6, 6.07) is 3.83. The molecule has 1 aromatic rings. The van der Waals surface area contributed by atoms with Crippen molar-refractivity contribution in [2.75, 3.05) is 0 Å². The summed E-state index contributed by atoms with van der Waals surface area (Å²) in [7, 11) is -3.80. The number of rotatable bonds is 6. The summed E-state index contributed by atoms with van der Waals surface area (Å²) in [6.45, 7) is 5.40. The van der Waals surface area contributed by atoms with Crippen LogP contribution in [0.1, 0.15) is 30.9 Å². The molecule has 1 rings (SSSR count). The Labute approximate surface area is 113 Å². The Kier molecular flexibility index (Phi) is 5.08. The summed E-state index contributed by atoms with van der Waals surface area (Å²) in [5, 5.41) is 9.00. The summed E-state index contributed by atoms with van der Waals surface area (Å²) in [6.07, 6.45) is 0.853. The molecule has 1 aromatic carbocycles. The van der Waals surface area contributed by atoms with Gasteiger partial charge in [0.2, 0.25) is 10.0 Å². The normalized spacial score (nSPS) is 13.2. The third kappa shape index (κ3) is 4.33. The zero-order chi connectivity index (χ0) is 14.6. The van der Waals surface area contributed by atoms with Crippen LogP contribution in [0, 0.1) is 13.8 Å². The summed E-state index contributed by atoms with van der Waals surface area (Å²) in [4.78, 5) is 11.1. The average Bonchev–Trinajstić information content (AvgIpc) is 2.26. The fraction of sp³-hybridized carbons (Fsp3) is 0.462. The minimum Gasteiger partial charge on any atom is -0.480 e. The molecule has 0 aliphatic heterocycles. The number of benzene rings is 1. The molecule has 0 aliphatic rings. The summed E-state index contributed by atoms with van der Waals surface area (Å²) in [5.74, 6) is -1.16. The van der Waals surface area contributed by atoms with E-state index in [1.54, 1.807) is 20.8 Å². The third-order valence-corrected chi connectivity index (χ3v) is 4.13. The maximum absolute atomic E-state index is 12.2. The third-order valence-electron chi connectivity index (χ3n) is 2.68. The van der Waals surface area contributed by atoms with E-state index in [1.807, 2.05) is 6.07 Å². The number of nitrogens with one attached hydrogen (secondary N) is 1. The molecule has 1 unspecified atom stereocenters. The van der Waals surface area contributed by atoms with E-state index in [-0.39, 0.29) is 11.3 Å². The Morgan fingerprint density at radius 3 is 2.21 bits per heavy atom. The second kappa shape index (κ2) is 6.16. The van der Waals surface area contributed by atoms with Gasteiger partial charge in [0.25, 0.3) is 0 Å². The molecule has 0 aromatic heterocycles. The second-order valence-electron chi connectivity index (χ2n) is 4.62. The molecule has 0 saturated carbocycles. The highest BCUT2D eigenvalue weighted by Crippen LogP contribution is 2.15. The number of aliphatic carboxylic acids is 1. The highest BCUT2D eigenvalue weighted by Gasteiger charge is 2.24. The first-order valence-corrected chi connectivity index (χ1v) is 7.58. The maximum Gasteiger partial charge on any atom is 0.321 e. The van der Waals surface area contributed by atoms with Gasteiger partial charge in [0, 0.05) is 0 Å². The zero-order valence-electron chi connectivity index (χ0n) is 11.3. The summed E-state index contributed by atoms with van der Waals surface area (Å²) in [5.41, 5.74) is 1.64. The molecule has 0 amide bonds. The van der Waals surface area contributed by atoms with Crippen molar-refractivity contribution in [2.45, 2.75) is 44.6 Å². The van der Waals surface area contributed by atoms with Crippen LogP contribution in [0.3, 0.4) is 0 Å². The lowest BCUT2D eigenvalue weighted by Gasteiger charge is -2.14. The maximum atomic E-state index is 12.2. The predicted molar refractivity (Wildman–Crippen MR) is 72.6 cm³/mol. The summed E-state index contributed by atoms with van der Waals surface area (Å²) >= 11 is 0. The van der Waals surface area contributed by atoms with E-state index in [0.717, 1.165) is 11.1 Å². The van der Waals surface area contributed by atoms with Gasteiger partial charge in [0.1, 0.15) is 6.04 Å². The fourth-order valence-corrected chi connectivity index (χ4v) is 3.28. The van der Waals surface area contributed by atoms with E-state index in [0.29, 0.717) is 6.42 Å². The van der Waals surface area contributed by atoms with Crippen LogP contribution in [0.4, 0.5) is 0 Å². The van der Waals surface area contributed by atoms with E-state index >= 15 is 0 Å². The number of sulfonamides is 1. The van der Waals surface area contributed by atoms with Gasteiger partial charge in [-0.3, -0.25) is 4.79 Å². The van der Waals surface area contributed by atoms with Crippen molar-refractivity contribution in [2.24, 2.45) is 0 Å². The number of aryl methyl sites for hydroxylation is 2. The van der Waals surface area contributed by atoms with E-state index in [9.17, 15) is 13.2 Å². The molecule has 0 spiro atoms. The van der Waals surface area contributed by atoms with Crippen LogP contribution in [0.5, 0.6) is 0 Å². The Morgan fingerprint density at radius 2 is 1.79 bits per heavy atom. The van der Waals surface area contributed by atoms with Gasteiger partial charge < -0.3 is 5.11 Å². The largest absolute Gasteiger partial charge is 0.480 e. The first-order chi connectivity index (χ1) is 8.76. The van der Waals surface area contributed by atoms with Gasteiger partial charge in [-0.2, -0.15) is 4.72 Å². The van der Waals surface area contributed by atoms with Crippen LogP contribution >= 0.6 is 0 Å². The van der Waals surface area contributed by atoms with Gasteiger partial charge in [0.15, 0.2) is 0 Å². The van der Waals surface area contributed by atoms with Crippen LogP contribution in [0.2, 0.25) is 0 Å². The van der Waals surface area contributed by atoms with Gasteiger partial charge in [-0.1, -0.05) is 19.4 Å². The van der Waals surface area contributed by atoms with Crippen molar-refractivity contribution in [3.63, 3.8) is 0 Å². The average molecular weight is 285 g/mol. The molecule has 2 N–H and O–H groups in total. The highest BCUT2D eigenvalue weighted by atomic mass is 32.2. The lowest BCUT2D eigenvalue weighted by atomic mass is 10.2. The van der Waals surface area contributed by atoms with Crippen molar-refractivity contribution in [1.82, 2.24) is 4.72 Å². The fourth-order valence-electron chi connectivity index (χ4n) is 1.86. The second-order valence-corrected chi connectivity index (χ2v) is 6.34. The number of hydrogen-bond acceptors (Lipinski definition) is 3.